The number of rotatable bonds is 14. The number of halogens is 1. The number of aryl methyl sites for hydroxylation is 1. The Kier molecular flexibility index (Phi) is 10.0. The van der Waals surface area contributed by atoms with Gasteiger partial charge in [-0.25, -0.2) is 0 Å². The molecule has 0 aliphatic carbocycles. The number of benzene rings is 2. The Morgan fingerprint density at radius 2 is 1.90 bits per heavy atom. The molecule has 1 unspecified atom stereocenters. The molecule has 1 aliphatic rings. The van der Waals surface area contributed by atoms with E-state index in [-0.39, 0.29) is 5.41 Å². The van der Waals surface area contributed by atoms with E-state index in [4.69, 9.17) is 21.2 Å². The monoisotopic (exact) mass is 465 g/mol. The van der Waals surface area contributed by atoms with Gasteiger partial charge < -0.3 is 19.5 Å². The lowest BCUT2D eigenvalue weighted by Gasteiger charge is -2.42. The molecule has 2 aromatic rings. The second-order valence-electron chi connectivity index (χ2n) is 8.27. The van der Waals surface area contributed by atoms with Crippen LogP contribution >= 0.6 is 19.9 Å². The van der Waals surface area contributed by atoms with Gasteiger partial charge in [0.05, 0.1) is 19.8 Å². The van der Waals surface area contributed by atoms with E-state index in [9.17, 15) is 4.57 Å². The fraction of sp³-hybridized carbons (Fsp3) is 0.500. The third-order valence-electron chi connectivity index (χ3n) is 5.91. The van der Waals surface area contributed by atoms with Crippen molar-refractivity contribution >= 4 is 19.9 Å². The van der Waals surface area contributed by atoms with Gasteiger partial charge in [0.25, 0.3) is 0 Å². The van der Waals surface area contributed by atoms with Gasteiger partial charge in [0.2, 0.25) is 0 Å². The molecule has 1 saturated heterocycles. The topological polar surface area (TPSA) is 67.8 Å². The molecule has 1 aliphatic heterocycles. The SMILES string of the molecule is O=[PH](O)OCCCNCc1ccc(CCCCCC2(c3ccccc3)COC2)c(Cl)c1. The van der Waals surface area contributed by atoms with Gasteiger partial charge in [-0.05, 0) is 55.0 Å². The maximum absolute atomic E-state index is 10.5. The lowest BCUT2D eigenvalue weighted by molar-refractivity contribution is -0.0654. The van der Waals surface area contributed by atoms with Crippen LogP contribution < -0.4 is 5.32 Å². The van der Waals surface area contributed by atoms with Crippen LogP contribution in [0.5, 0.6) is 0 Å². The largest absolute Gasteiger partial charge is 0.379 e. The molecule has 2 aromatic carbocycles. The van der Waals surface area contributed by atoms with Crippen molar-refractivity contribution in [2.45, 2.75) is 50.5 Å². The summed E-state index contributed by atoms with van der Waals surface area (Å²) in [5.74, 6) is 0. The van der Waals surface area contributed by atoms with Crippen LogP contribution in [0.15, 0.2) is 48.5 Å². The van der Waals surface area contributed by atoms with Crippen LogP contribution in [0.1, 0.15) is 48.8 Å². The van der Waals surface area contributed by atoms with Gasteiger partial charge in [-0.1, -0.05) is 66.9 Å². The maximum Gasteiger partial charge on any atom is 0.316 e. The van der Waals surface area contributed by atoms with Crippen LogP contribution in [0.4, 0.5) is 0 Å². The van der Waals surface area contributed by atoms with Crippen molar-refractivity contribution < 1.29 is 18.7 Å². The Balaban J connectivity index is 1.34. The first-order valence-corrected chi connectivity index (χ1v) is 12.7. The van der Waals surface area contributed by atoms with Crippen molar-refractivity contribution in [2.75, 3.05) is 26.4 Å². The molecule has 31 heavy (non-hydrogen) atoms. The lowest BCUT2D eigenvalue weighted by Crippen LogP contribution is -2.46. The zero-order chi connectivity index (χ0) is 21.9. The number of ether oxygens (including phenoxy) is 1. The Hall–Kier alpha value is -1.20. The van der Waals surface area contributed by atoms with Crippen molar-refractivity contribution in [3.05, 3.63) is 70.2 Å². The molecule has 0 aromatic heterocycles. The van der Waals surface area contributed by atoms with Gasteiger partial charge in [0.1, 0.15) is 0 Å². The second-order valence-corrected chi connectivity index (χ2v) is 9.50. The van der Waals surface area contributed by atoms with Crippen molar-refractivity contribution in [1.29, 1.82) is 0 Å². The highest BCUT2D eigenvalue weighted by molar-refractivity contribution is 7.32. The zero-order valence-electron chi connectivity index (χ0n) is 17.9. The summed E-state index contributed by atoms with van der Waals surface area (Å²) in [6.45, 7) is 3.42. The van der Waals surface area contributed by atoms with Gasteiger partial charge in [-0.15, -0.1) is 0 Å². The summed E-state index contributed by atoms with van der Waals surface area (Å²) in [7, 11) is -2.81. The van der Waals surface area contributed by atoms with Crippen LogP contribution in [0.3, 0.4) is 0 Å². The number of hydrogen-bond acceptors (Lipinski definition) is 4. The quantitative estimate of drug-likeness (QED) is 0.293. The van der Waals surface area contributed by atoms with Crippen molar-refractivity contribution in [3.63, 3.8) is 0 Å². The van der Waals surface area contributed by atoms with Crippen molar-refractivity contribution in [3.8, 4) is 0 Å². The molecular formula is C24H33ClNO4P. The first kappa shape index (κ1) is 24.4. The molecule has 7 heteroatoms. The molecule has 0 radical (unpaired) electrons. The van der Waals surface area contributed by atoms with Gasteiger partial charge in [0, 0.05) is 17.0 Å². The van der Waals surface area contributed by atoms with Gasteiger partial charge in [-0.3, -0.25) is 4.57 Å². The highest BCUT2D eigenvalue weighted by Crippen LogP contribution is 2.37. The molecule has 0 bridgehead atoms. The Morgan fingerprint density at radius 1 is 1.10 bits per heavy atom. The first-order valence-electron chi connectivity index (χ1n) is 11.1. The Morgan fingerprint density at radius 3 is 2.58 bits per heavy atom. The molecule has 3 rings (SSSR count). The molecule has 1 fully saturated rings. The van der Waals surface area contributed by atoms with E-state index >= 15 is 0 Å². The minimum absolute atomic E-state index is 0.218. The lowest BCUT2D eigenvalue weighted by atomic mass is 9.74. The average Bonchev–Trinajstić information content (AvgIpc) is 2.73. The summed E-state index contributed by atoms with van der Waals surface area (Å²) in [6, 6.07) is 17.0. The Bertz CT molecular complexity index is 830. The smallest absolute Gasteiger partial charge is 0.316 e. The van der Waals surface area contributed by atoms with E-state index in [1.807, 2.05) is 6.07 Å². The summed E-state index contributed by atoms with van der Waals surface area (Å²) in [4.78, 5) is 8.62. The summed E-state index contributed by atoms with van der Waals surface area (Å²) < 4.78 is 20.7. The summed E-state index contributed by atoms with van der Waals surface area (Å²) in [5.41, 5.74) is 3.97. The van der Waals surface area contributed by atoms with E-state index in [1.54, 1.807) is 0 Å². The Labute approximate surface area is 191 Å². The van der Waals surface area contributed by atoms with Crippen molar-refractivity contribution in [2.24, 2.45) is 0 Å². The van der Waals surface area contributed by atoms with Crippen LogP contribution in [-0.2, 0) is 32.2 Å². The normalized spacial score (nSPS) is 16.1. The third-order valence-corrected chi connectivity index (χ3v) is 6.72. The van der Waals surface area contributed by atoms with Gasteiger partial charge >= 0.3 is 8.25 Å². The van der Waals surface area contributed by atoms with Crippen LogP contribution in [-0.4, -0.2) is 31.3 Å². The zero-order valence-corrected chi connectivity index (χ0v) is 19.7. The number of nitrogens with one attached hydrogen (secondary N) is 1. The molecule has 0 amide bonds. The summed E-state index contributed by atoms with van der Waals surface area (Å²) in [5, 5.41) is 4.13. The molecule has 5 nitrogen and oxygen atoms in total. The van der Waals surface area contributed by atoms with Gasteiger partial charge in [0.15, 0.2) is 0 Å². The van der Waals surface area contributed by atoms with Crippen molar-refractivity contribution in [1.82, 2.24) is 5.32 Å². The molecule has 1 atom stereocenters. The van der Waals surface area contributed by atoms with E-state index in [1.165, 1.54) is 30.4 Å². The standard InChI is InChI=1S/C24H33ClNO4P/c25-23-16-20(17-26-14-7-15-30-31(27)28)11-12-21(23)8-3-2-6-13-24(18-29-19-24)22-9-4-1-5-10-22/h1,4-5,9-12,16,26,31H,2-3,6-8,13-15,17-19H2,(H,27,28). The van der Waals surface area contributed by atoms with Crippen LogP contribution in [0, 0.1) is 0 Å². The molecular weight excluding hydrogens is 433 g/mol. The fourth-order valence-corrected chi connectivity index (χ4v) is 4.66. The molecule has 2 N–H and O–H groups in total. The van der Waals surface area contributed by atoms with Gasteiger partial charge in [-0.2, -0.15) is 0 Å². The molecule has 1 heterocycles. The summed E-state index contributed by atoms with van der Waals surface area (Å²) >= 11 is 6.50. The summed E-state index contributed by atoms with van der Waals surface area (Å²) in [6.07, 6.45) is 6.40. The van der Waals surface area contributed by atoms with E-state index in [0.717, 1.165) is 49.7 Å². The first-order chi connectivity index (χ1) is 15.1. The predicted molar refractivity (Wildman–Crippen MR) is 126 cm³/mol. The molecule has 170 valence electrons. The van der Waals surface area contributed by atoms with E-state index in [2.05, 4.69) is 52.3 Å². The highest BCUT2D eigenvalue weighted by atomic mass is 35.5. The number of hydrogen-bond donors (Lipinski definition) is 2. The molecule has 0 spiro atoms. The maximum atomic E-state index is 10.5. The fourth-order valence-electron chi connectivity index (χ4n) is 4.04. The minimum atomic E-state index is -2.81. The second kappa shape index (κ2) is 12.7. The van der Waals surface area contributed by atoms with Crippen LogP contribution in [0.25, 0.3) is 0 Å². The minimum Gasteiger partial charge on any atom is -0.379 e. The average molecular weight is 466 g/mol. The third kappa shape index (κ3) is 7.71. The van der Waals surface area contributed by atoms with Crippen LogP contribution in [0.2, 0.25) is 5.02 Å². The predicted octanol–water partition coefficient (Wildman–Crippen LogP) is 5.29. The van der Waals surface area contributed by atoms with E-state index < -0.39 is 8.25 Å². The number of unbranched alkanes of at least 4 members (excludes halogenated alkanes) is 2. The van der Waals surface area contributed by atoms with E-state index in [0.29, 0.717) is 13.0 Å². The highest BCUT2D eigenvalue weighted by Gasteiger charge is 2.39. The molecule has 0 saturated carbocycles.